The summed E-state index contributed by atoms with van der Waals surface area (Å²) in [6.07, 6.45) is 0. The quantitative estimate of drug-likeness (QED) is 0.750. The van der Waals surface area contributed by atoms with Crippen LogP contribution in [0.15, 0.2) is 60.7 Å². The Hall–Kier alpha value is -2.62. The molecule has 2 N–H and O–H groups in total. The van der Waals surface area contributed by atoms with Gasteiger partial charge in [0.2, 0.25) is 0 Å². The van der Waals surface area contributed by atoms with Gasteiger partial charge in [0.25, 0.3) is 0 Å². The van der Waals surface area contributed by atoms with Gasteiger partial charge in [-0.15, -0.1) is 0 Å². The fourth-order valence-corrected chi connectivity index (χ4v) is 3.64. The highest BCUT2D eigenvalue weighted by atomic mass is 16.4. The first kappa shape index (κ1) is 19.7. The SMILES string of the molecule is CC(C)(C(=O)O)[C@H](c1ccccc1)[C@H](c1ccccc1)C(C)(C)C(=O)O. The average Bonchev–Trinajstić information content (AvgIpc) is 2.60. The van der Waals surface area contributed by atoms with E-state index in [9.17, 15) is 19.8 Å². The summed E-state index contributed by atoms with van der Waals surface area (Å²) in [6, 6.07) is 18.7. The number of benzene rings is 2. The minimum atomic E-state index is -1.16. The predicted octanol–water partition coefficient (Wildman–Crippen LogP) is 4.78. The van der Waals surface area contributed by atoms with E-state index in [0.29, 0.717) is 0 Å². The van der Waals surface area contributed by atoms with Gasteiger partial charge >= 0.3 is 11.9 Å². The van der Waals surface area contributed by atoms with E-state index in [2.05, 4.69) is 0 Å². The first-order chi connectivity index (χ1) is 12.1. The predicted molar refractivity (Wildman–Crippen MR) is 101 cm³/mol. The van der Waals surface area contributed by atoms with Gasteiger partial charge in [0.1, 0.15) is 0 Å². The second kappa shape index (κ2) is 7.32. The highest BCUT2D eigenvalue weighted by molar-refractivity contribution is 5.78. The van der Waals surface area contributed by atoms with Gasteiger partial charge in [-0.05, 0) is 38.8 Å². The smallest absolute Gasteiger partial charge is 0.309 e. The first-order valence-corrected chi connectivity index (χ1v) is 8.66. The molecule has 0 saturated heterocycles. The molecule has 0 heterocycles. The normalized spacial score (nSPS) is 14.5. The van der Waals surface area contributed by atoms with Crippen molar-refractivity contribution in [2.75, 3.05) is 0 Å². The van der Waals surface area contributed by atoms with Crippen molar-refractivity contribution in [3.63, 3.8) is 0 Å². The summed E-state index contributed by atoms with van der Waals surface area (Å²) in [5.74, 6) is -2.94. The topological polar surface area (TPSA) is 74.6 Å². The molecule has 0 spiro atoms. The summed E-state index contributed by atoms with van der Waals surface area (Å²) in [5, 5.41) is 19.9. The van der Waals surface area contributed by atoms with Crippen molar-refractivity contribution in [1.29, 1.82) is 0 Å². The molecule has 2 aromatic carbocycles. The van der Waals surface area contributed by atoms with Crippen LogP contribution in [-0.4, -0.2) is 22.2 Å². The molecular weight excluding hydrogens is 328 g/mol. The van der Waals surface area contributed by atoms with Crippen LogP contribution in [0.5, 0.6) is 0 Å². The standard InChI is InChI=1S/C22H26O4/c1-21(2,19(23)24)17(15-11-7-5-8-12-15)18(22(3,4)20(25)26)16-13-9-6-10-14-16/h5-14,17-18H,1-4H3,(H,23,24)(H,25,26)/t17-,18+. The van der Waals surface area contributed by atoms with Crippen LogP contribution in [0.25, 0.3) is 0 Å². The van der Waals surface area contributed by atoms with Crippen LogP contribution in [-0.2, 0) is 9.59 Å². The molecule has 0 aliphatic carbocycles. The first-order valence-electron chi connectivity index (χ1n) is 8.66. The van der Waals surface area contributed by atoms with E-state index in [1.165, 1.54) is 0 Å². The molecule has 0 aliphatic heterocycles. The molecule has 0 amide bonds. The maximum Gasteiger partial charge on any atom is 0.309 e. The molecule has 2 rings (SSSR count). The average molecular weight is 354 g/mol. The van der Waals surface area contributed by atoms with Crippen LogP contribution in [0.4, 0.5) is 0 Å². The zero-order chi connectivity index (χ0) is 19.5. The van der Waals surface area contributed by atoms with E-state index in [0.717, 1.165) is 11.1 Å². The van der Waals surface area contributed by atoms with Gasteiger partial charge in [0, 0.05) is 11.8 Å². The summed E-state index contributed by atoms with van der Waals surface area (Å²) in [4.78, 5) is 24.2. The van der Waals surface area contributed by atoms with Crippen LogP contribution in [0.1, 0.15) is 50.7 Å². The molecule has 0 fully saturated rings. The van der Waals surface area contributed by atoms with Crippen molar-refractivity contribution >= 4 is 11.9 Å². The lowest BCUT2D eigenvalue weighted by Gasteiger charge is -2.43. The number of carbonyl (C=O) groups is 2. The van der Waals surface area contributed by atoms with Crippen molar-refractivity contribution in [2.24, 2.45) is 10.8 Å². The summed E-state index contributed by atoms with van der Waals surface area (Å²) >= 11 is 0. The maximum absolute atomic E-state index is 12.1. The molecule has 0 unspecified atom stereocenters. The van der Waals surface area contributed by atoms with E-state index in [1.54, 1.807) is 27.7 Å². The Balaban J connectivity index is 2.78. The molecule has 0 saturated carbocycles. The second-order valence-electron chi connectivity index (χ2n) is 7.83. The molecule has 138 valence electrons. The third kappa shape index (κ3) is 3.64. The fourth-order valence-electron chi connectivity index (χ4n) is 3.64. The molecule has 0 aliphatic rings. The van der Waals surface area contributed by atoms with Crippen molar-refractivity contribution in [2.45, 2.75) is 39.5 Å². The largest absolute Gasteiger partial charge is 0.481 e. The number of carboxylic acids is 2. The van der Waals surface area contributed by atoms with Crippen LogP contribution in [0, 0.1) is 10.8 Å². The number of hydrogen-bond donors (Lipinski definition) is 2. The maximum atomic E-state index is 12.1. The molecule has 0 aromatic heterocycles. The minimum absolute atomic E-state index is 0.519. The fraction of sp³-hybridized carbons (Fsp3) is 0.364. The van der Waals surface area contributed by atoms with Gasteiger partial charge in [0.15, 0.2) is 0 Å². The Kier molecular flexibility index (Phi) is 5.55. The number of carboxylic acid groups (broad SMARTS) is 2. The van der Waals surface area contributed by atoms with Gasteiger partial charge < -0.3 is 10.2 Å². The molecule has 26 heavy (non-hydrogen) atoms. The van der Waals surface area contributed by atoms with Gasteiger partial charge in [-0.1, -0.05) is 60.7 Å². The van der Waals surface area contributed by atoms with Crippen molar-refractivity contribution < 1.29 is 19.8 Å². The zero-order valence-corrected chi connectivity index (χ0v) is 15.6. The molecule has 0 bridgehead atoms. The van der Waals surface area contributed by atoms with E-state index >= 15 is 0 Å². The Morgan fingerprint density at radius 2 is 0.923 bits per heavy atom. The highest BCUT2D eigenvalue weighted by Gasteiger charge is 2.50. The molecule has 2 aromatic rings. The lowest BCUT2D eigenvalue weighted by molar-refractivity contribution is -0.154. The van der Waals surface area contributed by atoms with E-state index < -0.39 is 34.6 Å². The van der Waals surface area contributed by atoms with Gasteiger partial charge in [-0.2, -0.15) is 0 Å². The lowest BCUT2D eigenvalue weighted by atomic mass is 9.58. The third-order valence-electron chi connectivity index (χ3n) is 5.31. The van der Waals surface area contributed by atoms with E-state index in [-0.39, 0.29) is 0 Å². The van der Waals surface area contributed by atoms with Gasteiger partial charge in [-0.25, -0.2) is 0 Å². The lowest BCUT2D eigenvalue weighted by Crippen LogP contribution is -2.42. The third-order valence-corrected chi connectivity index (χ3v) is 5.31. The number of hydrogen-bond acceptors (Lipinski definition) is 2. The molecule has 4 heteroatoms. The van der Waals surface area contributed by atoms with E-state index in [1.807, 2.05) is 60.7 Å². The van der Waals surface area contributed by atoms with Gasteiger partial charge in [-0.3, -0.25) is 9.59 Å². The highest BCUT2D eigenvalue weighted by Crippen LogP contribution is 2.53. The number of aliphatic carboxylic acids is 2. The summed E-state index contributed by atoms with van der Waals surface area (Å²) in [6.45, 7) is 6.67. The van der Waals surface area contributed by atoms with Gasteiger partial charge in [0.05, 0.1) is 10.8 Å². The monoisotopic (exact) mass is 354 g/mol. The zero-order valence-electron chi connectivity index (χ0n) is 15.6. The minimum Gasteiger partial charge on any atom is -0.481 e. The van der Waals surface area contributed by atoms with Crippen LogP contribution in [0.3, 0.4) is 0 Å². The van der Waals surface area contributed by atoms with E-state index in [4.69, 9.17) is 0 Å². The Labute approximate surface area is 154 Å². The van der Waals surface area contributed by atoms with Crippen LogP contribution >= 0.6 is 0 Å². The summed E-state index contributed by atoms with van der Waals surface area (Å²) < 4.78 is 0. The Morgan fingerprint density at radius 3 is 1.15 bits per heavy atom. The van der Waals surface area contributed by atoms with Crippen LogP contribution in [0.2, 0.25) is 0 Å². The Morgan fingerprint density at radius 1 is 0.654 bits per heavy atom. The molecule has 4 nitrogen and oxygen atoms in total. The molecule has 2 atom stereocenters. The van der Waals surface area contributed by atoms with Crippen molar-refractivity contribution in [3.05, 3.63) is 71.8 Å². The number of rotatable bonds is 7. The summed E-state index contributed by atoms with van der Waals surface area (Å²) in [7, 11) is 0. The second-order valence-corrected chi connectivity index (χ2v) is 7.83. The Bertz CT molecular complexity index is 696. The van der Waals surface area contributed by atoms with Crippen LogP contribution < -0.4 is 0 Å². The summed E-state index contributed by atoms with van der Waals surface area (Å²) in [5.41, 5.74) is -0.672. The van der Waals surface area contributed by atoms with Crippen molar-refractivity contribution in [3.8, 4) is 0 Å². The molecular formula is C22H26O4. The van der Waals surface area contributed by atoms with Crippen molar-refractivity contribution in [1.82, 2.24) is 0 Å². The molecule has 0 radical (unpaired) electrons.